The van der Waals surface area contributed by atoms with Crippen LogP contribution in [-0.2, 0) is 11.3 Å². The van der Waals surface area contributed by atoms with Gasteiger partial charge in [-0.2, -0.15) is 0 Å². The van der Waals surface area contributed by atoms with Gasteiger partial charge in [-0.15, -0.1) is 0 Å². The molecule has 3 aromatic rings. The minimum Gasteiger partial charge on any atom is -0.376 e. The number of hydrogen-bond donors (Lipinski definition) is 1. The van der Waals surface area contributed by atoms with Crippen molar-refractivity contribution in [2.75, 3.05) is 6.61 Å². The zero-order valence-electron chi connectivity index (χ0n) is 15.9. The van der Waals surface area contributed by atoms with Gasteiger partial charge in [0.25, 0.3) is 0 Å². The Bertz CT molecular complexity index is 803. The molecule has 1 aliphatic heterocycles. The Morgan fingerprint density at radius 2 is 1.43 bits per heavy atom. The molecular formula is C25H26BrNO. The minimum absolute atomic E-state index is 0.218. The zero-order chi connectivity index (χ0) is 19.2. The second-order valence-corrected chi connectivity index (χ2v) is 8.37. The third kappa shape index (κ3) is 4.91. The van der Waals surface area contributed by atoms with E-state index in [1.54, 1.807) is 0 Å². The molecule has 1 saturated heterocycles. The summed E-state index contributed by atoms with van der Waals surface area (Å²) in [5.41, 5.74) is 3.97. The third-order valence-electron chi connectivity index (χ3n) is 5.51. The van der Waals surface area contributed by atoms with Gasteiger partial charge in [0.2, 0.25) is 0 Å². The SMILES string of the molecule is Brc1ccc(CN[C@@H]2CC[C@H](C(c3ccccc3)c3ccccc3)OC2)cc1. The molecule has 1 fully saturated rings. The average Bonchev–Trinajstić information content (AvgIpc) is 2.76. The largest absolute Gasteiger partial charge is 0.376 e. The first-order valence-electron chi connectivity index (χ1n) is 9.99. The second kappa shape index (κ2) is 9.51. The summed E-state index contributed by atoms with van der Waals surface area (Å²) < 4.78 is 7.52. The minimum atomic E-state index is 0.218. The molecule has 1 aliphatic rings. The maximum absolute atomic E-state index is 6.40. The lowest BCUT2D eigenvalue weighted by Gasteiger charge is -2.35. The van der Waals surface area contributed by atoms with E-state index in [2.05, 4.69) is 106 Å². The molecule has 0 unspecified atom stereocenters. The number of halogens is 1. The Kier molecular flexibility index (Phi) is 6.58. The Labute approximate surface area is 176 Å². The Morgan fingerprint density at radius 3 is 1.96 bits per heavy atom. The molecule has 144 valence electrons. The van der Waals surface area contributed by atoms with E-state index in [1.807, 2.05) is 0 Å². The summed E-state index contributed by atoms with van der Waals surface area (Å²) in [4.78, 5) is 0. The fourth-order valence-corrected chi connectivity index (χ4v) is 4.27. The van der Waals surface area contributed by atoms with Crippen molar-refractivity contribution in [3.05, 3.63) is 106 Å². The van der Waals surface area contributed by atoms with E-state index in [4.69, 9.17) is 4.74 Å². The van der Waals surface area contributed by atoms with E-state index < -0.39 is 0 Å². The normalized spacial score (nSPS) is 19.6. The lowest BCUT2D eigenvalue weighted by Crippen LogP contribution is -2.41. The van der Waals surface area contributed by atoms with Crippen LogP contribution in [0.2, 0.25) is 0 Å². The molecule has 1 heterocycles. The number of ether oxygens (including phenoxy) is 1. The molecule has 3 aromatic carbocycles. The van der Waals surface area contributed by atoms with Crippen LogP contribution in [-0.4, -0.2) is 18.8 Å². The van der Waals surface area contributed by atoms with Crippen molar-refractivity contribution in [3.63, 3.8) is 0 Å². The summed E-state index contributed by atoms with van der Waals surface area (Å²) in [7, 11) is 0. The van der Waals surface area contributed by atoms with Gasteiger partial charge < -0.3 is 10.1 Å². The molecule has 0 bridgehead atoms. The topological polar surface area (TPSA) is 21.3 Å². The van der Waals surface area contributed by atoms with Crippen molar-refractivity contribution in [1.29, 1.82) is 0 Å². The molecule has 3 heteroatoms. The molecule has 1 N–H and O–H groups in total. The van der Waals surface area contributed by atoms with Gasteiger partial charge >= 0.3 is 0 Å². The van der Waals surface area contributed by atoms with Gasteiger partial charge in [-0.1, -0.05) is 88.7 Å². The number of hydrogen-bond acceptors (Lipinski definition) is 2. The fraction of sp³-hybridized carbons (Fsp3) is 0.280. The van der Waals surface area contributed by atoms with E-state index in [9.17, 15) is 0 Å². The van der Waals surface area contributed by atoms with Gasteiger partial charge in [0.05, 0.1) is 12.7 Å². The van der Waals surface area contributed by atoms with Crippen molar-refractivity contribution >= 4 is 15.9 Å². The van der Waals surface area contributed by atoms with Gasteiger partial charge in [0, 0.05) is 23.0 Å². The Morgan fingerprint density at radius 1 is 0.821 bits per heavy atom. The van der Waals surface area contributed by atoms with Crippen LogP contribution in [0.1, 0.15) is 35.4 Å². The first-order chi connectivity index (χ1) is 13.8. The van der Waals surface area contributed by atoms with Crippen molar-refractivity contribution in [2.45, 2.75) is 37.5 Å². The van der Waals surface area contributed by atoms with Gasteiger partial charge in [0.1, 0.15) is 0 Å². The molecule has 0 spiro atoms. The van der Waals surface area contributed by atoms with E-state index in [-0.39, 0.29) is 12.0 Å². The molecule has 2 atom stereocenters. The third-order valence-corrected chi connectivity index (χ3v) is 6.04. The lowest BCUT2D eigenvalue weighted by molar-refractivity contribution is -0.0116. The Balaban J connectivity index is 1.40. The quantitative estimate of drug-likeness (QED) is 0.518. The highest BCUT2D eigenvalue weighted by Gasteiger charge is 2.30. The van der Waals surface area contributed by atoms with Gasteiger partial charge in [0.15, 0.2) is 0 Å². The number of rotatable bonds is 6. The monoisotopic (exact) mass is 435 g/mol. The smallest absolute Gasteiger partial charge is 0.0685 e. The summed E-state index contributed by atoms with van der Waals surface area (Å²) in [6.07, 6.45) is 2.42. The second-order valence-electron chi connectivity index (χ2n) is 7.45. The van der Waals surface area contributed by atoms with Crippen molar-refractivity contribution in [2.24, 2.45) is 0 Å². The van der Waals surface area contributed by atoms with E-state index in [0.29, 0.717) is 6.04 Å². The maximum Gasteiger partial charge on any atom is 0.0685 e. The number of benzene rings is 3. The molecule has 0 aliphatic carbocycles. The molecule has 4 rings (SSSR count). The summed E-state index contributed by atoms with van der Waals surface area (Å²) in [5, 5.41) is 3.66. The van der Waals surface area contributed by atoms with Crippen LogP contribution >= 0.6 is 15.9 Å². The van der Waals surface area contributed by atoms with Gasteiger partial charge in [-0.3, -0.25) is 0 Å². The highest BCUT2D eigenvalue weighted by atomic mass is 79.9. The van der Waals surface area contributed by atoms with Crippen molar-refractivity contribution < 1.29 is 4.74 Å². The lowest BCUT2D eigenvalue weighted by atomic mass is 9.83. The highest BCUT2D eigenvalue weighted by molar-refractivity contribution is 9.10. The van der Waals surface area contributed by atoms with E-state index >= 15 is 0 Å². The van der Waals surface area contributed by atoms with Gasteiger partial charge in [-0.25, -0.2) is 0 Å². The van der Waals surface area contributed by atoms with Crippen LogP contribution in [0.3, 0.4) is 0 Å². The zero-order valence-corrected chi connectivity index (χ0v) is 17.5. The Hall–Kier alpha value is -1.94. The molecule has 28 heavy (non-hydrogen) atoms. The van der Waals surface area contributed by atoms with Crippen LogP contribution in [0.5, 0.6) is 0 Å². The van der Waals surface area contributed by atoms with Crippen molar-refractivity contribution in [3.8, 4) is 0 Å². The van der Waals surface area contributed by atoms with Crippen LogP contribution in [0.4, 0.5) is 0 Å². The molecule has 2 nitrogen and oxygen atoms in total. The van der Waals surface area contributed by atoms with E-state index in [1.165, 1.54) is 16.7 Å². The maximum atomic E-state index is 6.40. The first-order valence-corrected chi connectivity index (χ1v) is 10.8. The average molecular weight is 436 g/mol. The molecule has 0 saturated carbocycles. The fourth-order valence-electron chi connectivity index (χ4n) is 4.00. The van der Waals surface area contributed by atoms with Crippen LogP contribution in [0.15, 0.2) is 89.4 Å². The molecular weight excluding hydrogens is 410 g/mol. The van der Waals surface area contributed by atoms with Crippen molar-refractivity contribution in [1.82, 2.24) is 5.32 Å². The standard InChI is InChI=1S/C25H26BrNO/c26-22-13-11-19(12-14-22)17-27-23-15-16-24(28-18-23)25(20-7-3-1-4-8-20)21-9-5-2-6-10-21/h1-14,23-25,27H,15-18H2/t23-,24-/m1/s1. The predicted molar refractivity (Wildman–Crippen MR) is 118 cm³/mol. The van der Waals surface area contributed by atoms with Gasteiger partial charge in [-0.05, 0) is 41.7 Å². The first kappa shape index (κ1) is 19.4. The van der Waals surface area contributed by atoms with E-state index in [0.717, 1.165) is 30.5 Å². The summed E-state index contributed by atoms with van der Waals surface area (Å²) in [6, 6.07) is 30.4. The molecule has 0 amide bonds. The summed E-state index contributed by atoms with van der Waals surface area (Å²) in [5.74, 6) is 0.287. The van der Waals surface area contributed by atoms with Crippen LogP contribution in [0.25, 0.3) is 0 Å². The van der Waals surface area contributed by atoms with Crippen LogP contribution < -0.4 is 5.32 Å². The van der Waals surface area contributed by atoms with Crippen LogP contribution in [0, 0.1) is 0 Å². The highest BCUT2D eigenvalue weighted by Crippen LogP contribution is 2.34. The summed E-state index contributed by atoms with van der Waals surface area (Å²) in [6.45, 7) is 1.64. The number of nitrogens with one attached hydrogen (secondary N) is 1. The molecule has 0 aromatic heterocycles. The molecule has 0 radical (unpaired) electrons. The predicted octanol–water partition coefficient (Wildman–Crippen LogP) is 5.92. The summed E-state index contributed by atoms with van der Waals surface area (Å²) >= 11 is 3.49.